The molecule has 0 heterocycles. The van der Waals surface area contributed by atoms with E-state index in [1.54, 1.807) is 19.1 Å². The maximum absolute atomic E-state index is 11.2. The van der Waals surface area contributed by atoms with E-state index in [1.807, 2.05) is 6.92 Å². The first kappa shape index (κ1) is 15.3. The Morgan fingerprint density at radius 1 is 1.32 bits per heavy atom. The van der Waals surface area contributed by atoms with Crippen LogP contribution in [-0.4, -0.2) is 29.4 Å². The summed E-state index contributed by atoms with van der Waals surface area (Å²) in [6.45, 7) is 4.31. The Balaban J connectivity index is 2.63. The molecule has 0 saturated carbocycles. The van der Waals surface area contributed by atoms with Gasteiger partial charge in [0.25, 0.3) is 0 Å². The van der Waals surface area contributed by atoms with E-state index in [0.29, 0.717) is 24.5 Å². The van der Waals surface area contributed by atoms with Crippen molar-refractivity contribution in [2.45, 2.75) is 32.8 Å². The predicted molar refractivity (Wildman–Crippen MR) is 70.1 cm³/mol. The third kappa shape index (κ3) is 4.79. The molecule has 19 heavy (non-hydrogen) atoms. The number of rotatable bonds is 7. The number of phenolic OH excluding ortho intramolecular Hbond substituents is 1. The third-order valence-corrected chi connectivity index (χ3v) is 2.60. The number of benzene rings is 1. The molecule has 0 aliphatic carbocycles. The van der Waals surface area contributed by atoms with E-state index in [9.17, 15) is 15.0 Å². The molecule has 0 amide bonds. The molecular weight excluding hydrogens is 248 g/mol. The third-order valence-electron chi connectivity index (χ3n) is 2.60. The number of hydrogen-bond acceptors (Lipinski definition) is 5. The van der Waals surface area contributed by atoms with Gasteiger partial charge < -0.3 is 19.7 Å². The maximum Gasteiger partial charge on any atom is 0.305 e. The van der Waals surface area contributed by atoms with E-state index in [4.69, 9.17) is 9.47 Å². The number of aromatic hydroxyl groups is 1. The summed E-state index contributed by atoms with van der Waals surface area (Å²) in [5, 5.41) is 19.5. The summed E-state index contributed by atoms with van der Waals surface area (Å²) in [4.78, 5) is 11.2. The number of esters is 1. The van der Waals surface area contributed by atoms with Crippen LogP contribution in [0, 0.1) is 0 Å². The van der Waals surface area contributed by atoms with Gasteiger partial charge in [-0.05, 0) is 38.0 Å². The van der Waals surface area contributed by atoms with Crippen LogP contribution >= 0.6 is 0 Å². The lowest BCUT2D eigenvalue weighted by Gasteiger charge is -2.13. The fraction of sp³-hybridized carbons (Fsp3) is 0.500. The van der Waals surface area contributed by atoms with Crippen molar-refractivity contribution < 1.29 is 24.5 Å². The average Bonchev–Trinajstić information content (AvgIpc) is 2.39. The topological polar surface area (TPSA) is 76.0 Å². The number of phenols is 1. The molecule has 0 fully saturated rings. The second-order valence-electron chi connectivity index (χ2n) is 4.02. The standard InChI is InChI=1S/C14H20O5/c1-3-18-13-9-10(5-6-12(13)16)11(15)7-8-14(17)19-4-2/h5-6,9,11,15-16H,3-4,7-8H2,1-2H3. The quantitative estimate of drug-likeness (QED) is 0.741. The summed E-state index contributed by atoms with van der Waals surface area (Å²) < 4.78 is 10.0. The Labute approximate surface area is 112 Å². The van der Waals surface area contributed by atoms with E-state index < -0.39 is 6.10 Å². The Morgan fingerprint density at radius 3 is 2.68 bits per heavy atom. The van der Waals surface area contributed by atoms with Gasteiger partial charge in [0.1, 0.15) is 0 Å². The lowest BCUT2D eigenvalue weighted by molar-refractivity contribution is -0.143. The first-order valence-electron chi connectivity index (χ1n) is 6.37. The minimum Gasteiger partial charge on any atom is -0.504 e. The van der Waals surface area contributed by atoms with Crippen LogP contribution in [0.1, 0.15) is 38.4 Å². The molecule has 1 rings (SSSR count). The van der Waals surface area contributed by atoms with Crippen molar-refractivity contribution in [1.29, 1.82) is 0 Å². The van der Waals surface area contributed by atoms with Gasteiger partial charge in [-0.3, -0.25) is 4.79 Å². The summed E-state index contributed by atoms with van der Waals surface area (Å²) in [6, 6.07) is 4.65. The molecular formula is C14H20O5. The molecule has 5 nitrogen and oxygen atoms in total. The van der Waals surface area contributed by atoms with Crippen LogP contribution in [-0.2, 0) is 9.53 Å². The van der Waals surface area contributed by atoms with Crippen LogP contribution in [0.15, 0.2) is 18.2 Å². The number of ether oxygens (including phenoxy) is 2. The summed E-state index contributed by atoms with van der Waals surface area (Å²) in [6.07, 6.45) is -0.362. The monoisotopic (exact) mass is 268 g/mol. The summed E-state index contributed by atoms with van der Waals surface area (Å²) in [5.41, 5.74) is 0.602. The second kappa shape index (κ2) is 7.63. The van der Waals surface area contributed by atoms with Gasteiger partial charge in [0.2, 0.25) is 0 Å². The highest BCUT2D eigenvalue weighted by molar-refractivity contribution is 5.69. The van der Waals surface area contributed by atoms with Crippen molar-refractivity contribution in [3.05, 3.63) is 23.8 Å². The number of hydrogen-bond donors (Lipinski definition) is 2. The van der Waals surface area contributed by atoms with Crippen molar-refractivity contribution in [2.75, 3.05) is 13.2 Å². The van der Waals surface area contributed by atoms with Crippen LogP contribution in [0.25, 0.3) is 0 Å². The van der Waals surface area contributed by atoms with E-state index in [-0.39, 0.29) is 24.6 Å². The van der Waals surface area contributed by atoms with Gasteiger partial charge in [0.15, 0.2) is 11.5 Å². The minimum atomic E-state index is -0.788. The lowest BCUT2D eigenvalue weighted by Crippen LogP contribution is -2.07. The molecule has 2 N–H and O–H groups in total. The van der Waals surface area contributed by atoms with Gasteiger partial charge in [-0.1, -0.05) is 6.07 Å². The average molecular weight is 268 g/mol. The van der Waals surface area contributed by atoms with Crippen molar-refractivity contribution in [2.24, 2.45) is 0 Å². The van der Waals surface area contributed by atoms with Crippen molar-refractivity contribution in [3.8, 4) is 11.5 Å². The second-order valence-corrected chi connectivity index (χ2v) is 4.02. The van der Waals surface area contributed by atoms with E-state index in [0.717, 1.165) is 0 Å². The largest absolute Gasteiger partial charge is 0.504 e. The van der Waals surface area contributed by atoms with E-state index >= 15 is 0 Å². The zero-order valence-corrected chi connectivity index (χ0v) is 11.3. The van der Waals surface area contributed by atoms with Gasteiger partial charge >= 0.3 is 5.97 Å². The Kier molecular flexibility index (Phi) is 6.15. The normalized spacial score (nSPS) is 11.9. The molecule has 1 atom stereocenters. The first-order valence-corrected chi connectivity index (χ1v) is 6.37. The fourth-order valence-corrected chi connectivity index (χ4v) is 1.66. The number of aliphatic hydroxyl groups excluding tert-OH is 1. The predicted octanol–water partition coefficient (Wildman–Crippen LogP) is 2.17. The smallest absolute Gasteiger partial charge is 0.305 e. The summed E-state index contributed by atoms with van der Waals surface area (Å²) in [7, 11) is 0. The van der Waals surface area contributed by atoms with Gasteiger partial charge in [0.05, 0.1) is 19.3 Å². The SMILES string of the molecule is CCOC(=O)CCC(O)c1ccc(O)c(OCC)c1. The molecule has 0 bridgehead atoms. The van der Waals surface area contributed by atoms with Crippen LogP contribution in [0.3, 0.4) is 0 Å². The van der Waals surface area contributed by atoms with Crippen LogP contribution in [0.4, 0.5) is 0 Å². The highest BCUT2D eigenvalue weighted by Crippen LogP contribution is 2.30. The zero-order chi connectivity index (χ0) is 14.3. The molecule has 0 radical (unpaired) electrons. The molecule has 0 aliphatic rings. The minimum absolute atomic E-state index is 0.0307. The van der Waals surface area contributed by atoms with Gasteiger partial charge in [-0.25, -0.2) is 0 Å². The van der Waals surface area contributed by atoms with Crippen LogP contribution in [0.2, 0.25) is 0 Å². The number of aliphatic hydroxyl groups is 1. The van der Waals surface area contributed by atoms with E-state index in [1.165, 1.54) is 6.07 Å². The lowest BCUT2D eigenvalue weighted by atomic mass is 10.0. The number of carbonyl (C=O) groups excluding carboxylic acids is 1. The molecule has 0 saturated heterocycles. The highest BCUT2D eigenvalue weighted by Gasteiger charge is 2.13. The van der Waals surface area contributed by atoms with Crippen molar-refractivity contribution in [3.63, 3.8) is 0 Å². The van der Waals surface area contributed by atoms with Gasteiger partial charge in [-0.15, -0.1) is 0 Å². The first-order chi connectivity index (χ1) is 9.08. The van der Waals surface area contributed by atoms with Crippen molar-refractivity contribution in [1.82, 2.24) is 0 Å². The Bertz CT molecular complexity index is 416. The molecule has 0 spiro atoms. The molecule has 1 aromatic rings. The molecule has 0 aliphatic heterocycles. The zero-order valence-electron chi connectivity index (χ0n) is 11.3. The molecule has 1 aromatic carbocycles. The van der Waals surface area contributed by atoms with Gasteiger partial charge in [0, 0.05) is 6.42 Å². The molecule has 5 heteroatoms. The Hall–Kier alpha value is -1.75. The van der Waals surface area contributed by atoms with Crippen LogP contribution in [0.5, 0.6) is 11.5 Å². The highest BCUT2D eigenvalue weighted by atomic mass is 16.5. The molecule has 106 valence electrons. The molecule has 0 aromatic heterocycles. The summed E-state index contributed by atoms with van der Waals surface area (Å²) in [5.74, 6) is 0.0312. The van der Waals surface area contributed by atoms with E-state index in [2.05, 4.69) is 0 Å². The van der Waals surface area contributed by atoms with Gasteiger partial charge in [-0.2, -0.15) is 0 Å². The summed E-state index contributed by atoms with van der Waals surface area (Å²) >= 11 is 0. The molecule has 1 unspecified atom stereocenters. The Morgan fingerprint density at radius 2 is 2.05 bits per heavy atom. The maximum atomic E-state index is 11.2. The van der Waals surface area contributed by atoms with Crippen molar-refractivity contribution >= 4 is 5.97 Å². The fourth-order valence-electron chi connectivity index (χ4n) is 1.66. The number of carbonyl (C=O) groups is 1. The van der Waals surface area contributed by atoms with Crippen LogP contribution < -0.4 is 4.74 Å².